The number of rotatable bonds is 11. The Bertz CT molecular complexity index is 1250. The van der Waals surface area contributed by atoms with Gasteiger partial charge in [-0.1, -0.05) is 84.7 Å². The van der Waals surface area contributed by atoms with Crippen molar-refractivity contribution in [2.45, 2.75) is 51.7 Å². The Balaban J connectivity index is 2.05. The molecule has 0 aliphatic carbocycles. The van der Waals surface area contributed by atoms with E-state index in [9.17, 15) is 19.7 Å². The molecule has 0 aliphatic heterocycles. The van der Waals surface area contributed by atoms with Crippen LogP contribution in [0.4, 0.5) is 5.69 Å². The van der Waals surface area contributed by atoms with Gasteiger partial charge >= 0.3 is 0 Å². The summed E-state index contributed by atoms with van der Waals surface area (Å²) in [5.74, 6) is -0.736. The van der Waals surface area contributed by atoms with Crippen LogP contribution in [0.25, 0.3) is 0 Å². The summed E-state index contributed by atoms with van der Waals surface area (Å²) >= 11 is 12.5. The van der Waals surface area contributed by atoms with E-state index in [0.717, 1.165) is 12.0 Å². The molecule has 0 bridgehead atoms. The molecular formula is C28H29Cl2N3O4. The van der Waals surface area contributed by atoms with Crippen molar-refractivity contribution in [3.05, 3.63) is 110 Å². The Morgan fingerprint density at radius 3 is 2.32 bits per heavy atom. The maximum absolute atomic E-state index is 13.8. The molecule has 0 spiro atoms. The molecule has 0 radical (unpaired) electrons. The lowest BCUT2D eigenvalue weighted by Gasteiger charge is -2.32. The van der Waals surface area contributed by atoms with Crippen molar-refractivity contribution in [3.63, 3.8) is 0 Å². The number of hydrogen-bond donors (Lipinski definition) is 1. The highest BCUT2D eigenvalue weighted by Crippen LogP contribution is 2.26. The second-order valence-electron chi connectivity index (χ2n) is 8.84. The minimum atomic E-state index is -0.876. The summed E-state index contributed by atoms with van der Waals surface area (Å²) in [6.07, 6.45) is 0.734. The highest BCUT2D eigenvalue weighted by atomic mass is 35.5. The topological polar surface area (TPSA) is 92.6 Å². The van der Waals surface area contributed by atoms with Crippen LogP contribution in [-0.2, 0) is 29.0 Å². The van der Waals surface area contributed by atoms with Crippen LogP contribution >= 0.6 is 23.2 Å². The smallest absolute Gasteiger partial charge is 0.273 e. The maximum Gasteiger partial charge on any atom is 0.273 e. The molecule has 0 aromatic heterocycles. The Kier molecular flexibility index (Phi) is 10.1. The zero-order valence-electron chi connectivity index (χ0n) is 20.7. The van der Waals surface area contributed by atoms with Gasteiger partial charge in [-0.2, -0.15) is 0 Å². The van der Waals surface area contributed by atoms with E-state index in [1.807, 2.05) is 44.2 Å². The average Bonchev–Trinajstić information content (AvgIpc) is 2.87. The lowest BCUT2D eigenvalue weighted by atomic mass is 10.0. The van der Waals surface area contributed by atoms with Crippen LogP contribution in [0, 0.1) is 10.1 Å². The number of amides is 2. The second kappa shape index (κ2) is 13.2. The predicted octanol–water partition coefficient (Wildman–Crippen LogP) is 6.00. The van der Waals surface area contributed by atoms with Crippen LogP contribution in [-0.4, -0.2) is 33.7 Å². The van der Waals surface area contributed by atoms with Crippen molar-refractivity contribution >= 4 is 40.7 Å². The van der Waals surface area contributed by atoms with E-state index >= 15 is 0 Å². The van der Waals surface area contributed by atoms with Gasteiger partial charge in [-0.25, -0.2) is 0 Å². The van der Waals surface area contributed by atoms with E-state index in [0.29, 0.717) is 15.6 Å². The number of nitrogens with zero attached hydrogens (tertiary/aromatic N) is 2. The van der Waals surface area contributed by atoms with Gasteiger partial charge in [0.05, 0.1) is 11.3 Å². The quantitative estimate of drug-likeness (QED) is 0.238. The number of nitrogens with one attached hydrogen (secondary N) is 1. The van der Waals surface area contributed by atoms with Gasteiger partial charge in [-0.15, -0.1) is 0 Å². The molecule has 0 fully saturated rings. The molecule has 37 heavy (non-hydrogen) atoms. The molecule has 0 saturated carbocycles. The Labute approximate surface area is 226 Å². The van der Waals surface area contributed by atoms with E-state index in [4.69, 9.17) is 23.2 Å². The summed E-state index contributed by atoms with van der Waals surface area (Å²) in [5, 5.41) is 15.4. The van der Waals surface area contributed by atoms with Gasteiger partial charge in [-0.3, -0.25) is 19.7 Å². The van der Waals surface area contributed by atoms with E-state index in [-0.39, 0.29) is 42.6 Å². The number of para-hydroxylation sites is 1. The molecule has 2 atom stereocenters. The fourth-order valence-electron chi connectivity index (χ4n) is 3.93. The minimum absolute atomic E-state index is 0.0287. The summed E-state index contributed by atoms with van der Waals surface area (Å²) in [5.41, 5.74) is 1.60. The molecule has 2 amide bonds. The lowest BCUT2D eigenvalue weighted by molar-refractivity contribution is -0.385. The van der Waals surface area contributed by atoms with Gasteiger partial charge in [0.25, 0.3) is 5.69 Å². The third kappa shape index (κ3) is 7.78. The third-order valence-corrected chi connectivity index (χ3v) is 6.74. The number of nitro benzene ring substituents is 1. The summed E-state index contributed by atoms with van der Waals surface area (Å²) in [7, 11) is 0. The molecule has 0 aliphatic rings. The normalized spacial score (nSPS) is 12.4. The first-order valence-corrected chi connectivity index (χ1v) is 12.7. The Hall–Kier alpha value is -3.42. The third-order valence-electron chi connectivity index (χ3n) is 6.16. The fourth-order valence-corrected chi connectivity index (χ4v) is 4.40. The Morgan fingerprint density at radius 2 is 1.68 bits per heavy atom. The number of nitro groups is 1. The van der Waals surface area contributed by atoms with Crippen molar-refractivity contribution in [2.75, 3.05) is 0 Å². The minimum Gasteiger partial charge on any atom is -0.352 e. The highest BCUT2D eigenvalue weighted by Gasteiger charge is 2.32. The number of halogens is 2. The lowest BCUT2D eigenvalue weighted by Crippen LogP contribution is -2.52. The molecule has 3 aromatic rings. The predicted molar refractivity (Wildman–Crippen MR) is 146 cm³/mol. The maximum atomic E-state index is 13.8. The van der Waals surface area contributed by atoms with E-state index < -0.39 is 16.9 Å². The molecule has 9 heteroatoms. The molecule has 0 saturated heterocycles. The van der Waals surface area contributed by atoms with Crippen molar-refractivity contribution < 1.29 is 14.5 Å². The number of benzene rings is 3. The van der Waals surface area contributed by atoms with Gasteiger partial charge in [0.2, 0.25) is 11.8 Å². The van der Waals surface area contributed by atoms with Gasteiger partial charge in [0.15, 0.2) is 0 Å². The van der Waals surface area contributed by atoms with Crippen LogP contribution in [0.3, 0.4) is 0 Å². The zero-order valence-corrected chi connectivity index (χ0v) is 22.2. The molecule has 3 rings (SSSR count). The fraction of sp³-hybridized carbons (Fsp3) is 0.286. The number of hydrogen-bond acceptors (Lipinski definition) is 4. The SMILES string of the molecule is CCC(C)NC(=O)C(Cc1ccccc1)N(Cc1ccc(Cl)cc1Cl)C(=O)Cc1ccccc1[N+](=O)[O-]. The average molecular weight is 542 g/mol. The van der Waals surface area contributed by atoms with Crippen LogP contribution in [0.2, 0.25) is 10.0 Å². The first kappa shape index (κ1) is 28.2. The molecule has 3 aromatic carbocycles. The first-order chi connectivity index (χ1) is 17.7. The van der Waals surface area contributed by atoms with E-state index in [2.05, 4.69) is 5.32 Å². The first-order valence-electron chi connectivity index (χ1n) is 12.0. The standard InChI is InChI=1S/C28H29Cl2N3O4/c1-3-19(2)31-28(35)26(15-20-9-5-4-6-10-20)32(18-22-13-14-23(29)17-24(22)30)27(34)16-21-11-7-8-12-25(21)33(36)37/h4-14,17,19,26H,3,15-16,18H2,1-2H3,(H,31,35). The molecule has 2 unspecified atom stereocenters. The molecule has 1 N–H and O–H groups in total. The van der Waals surface area contributed by atoms with Crippen molar-refractivity contribution in [1.82, 2.24) is 10.2 Å². The van der Waals surface area contributed by atoms with Crippen LogP contribution in [0.1, 0.15) is 37.0 Å². The van der Waals surface area contributed by atoms with E-state index in [1.165, 1.54) is 11.0 Å². The molecule has 194 valence electrons. The summed E-state index contributed by atoms with van der Waals surface area (Å²) in [6, 6.07) is 19.5. The Morgan fingerprint density at radius 1 is 1.00 bits per heavy atom. The summed E-state index contributed by atoms with van der Waals surface area (Å²) in [4.78, 5) is 39.9. The summed E-state index contributed by atoms with van der Waals surface area (Å²) < 4.78 is 0. The summed E-state index contributed by atoms with van der Waals surface area (Å²) in [6.45, 7) is 3.88. The number of carbonyl (C=O) groups excluding carboxylic acids is 2. The molecule has 7 nitrogen and oxygen atoms in total. The van der Waals surface area contributed by atoms with Crippen LogP contribution in [0.15, 0.2) is 72.8 Å². The molecular weight excluding hydrogens is 513 g/mol. The second-order valence-corrected chi connectivity index (χ2v) is 9.69. The van der Waals surface area contributed by atoms with Crippen molar-refractivity contribution in [1.29, 1.82) is 0 Å². The van der Waals surface area contributed by atoms with Gasteiger partial charge in [0.1, 0.15) is 6.04 Å². The van der Waals surface area contributed by atoms with Gasteiger partial charge in [-0.05, 0) is 36.6 Å². The van der Waals surface area contributed by atoms with Crippen molar-refractivity contribution in [3.8, 4) is 0 Å². The van der Waals surface area contributed by atoms with Gasteiger partial charge in [0, 0.05) is 40.7 Å². The highest BCUT2D eigenvalue weighted by molar-refractivity contribution is 6.35. The van der Waals surface area contributed by atoms with Crippen molar-refractivity contribution in [2.24, 2.45) is 0 Å². The largest absolute Gasteiger partial charge is 0.352 e. The van der Waals surface area contributed by atoms with Gasteiger partial charge < -0.3 is 10.2 Å². The van der Waals surface area contributed by atoms with Crippen LogP contribution in [0.5, 0.6) is 0 Å². The molecule has 0 heterocycles. The number of carbonyl (C=O) groups is 2. The zero-order chi connectivity index (χ0) is 26.9. The van der Waals surface area contributed by atoms with Crippen LogP contribution < -0.4 is 5.32 Å². The van der Waals surface area contributed by atoms with E-state index in [1.54, 1.807) is 36.4 Å². The monoisotopic (exact) mass is 541 g/mol.